The number of rotatable bonds is 6. The molecule has 164 valence electrons. The number of fused-ring (bicyclic) bond motifs is 1. The normalized spacial score (nSPS) is 27.4. The predicted molar refractivity (Wildman–Crippen MR) is 106 cm³/mol. The van der Waals surface area contributed by atoms with E-state index in [0.717, 1.165) is 11.3 Å². The second-order valence-electron chi connectivity index (χ2n) is 7.33. The van der Waals surface area contributed by atoms with Crippen LogP contribution in [0.15, 0.2) is 23.4 Å². The summed E-state index contributed by atoms with van der Waals surface area (Å²) in [5.74, 6) is 0. The Kier molecular flexibility index (Phi) is 6.14. The van der Waals surface area contributed by atoms with Crippen LogP contribution in [0.25, 0.3) is 10.1 Å². The fourth-order valence-electron chi connectivity index (χ4n) is 3.56. The third-order valence-corrected chi connectivity index (χ3v) is 6.29. The lowest BCUT2D eigenvalue weighted by molar-refractivity contribution is -0.126. The van der Waals surface area contributed by atoms with Crippen molar-refractivity contribution in [3.8, 4) is 0 Å². The molecule has 1 aromatic heterocycles. The molecule has 2 unspecified atom stereocenters. The van der Waals surface area contributed by atoms with Crippen molar-refractivity contribution in [2.24, 2.45) is 5.16 Å². The molecule has 0 spiro atoms. The van der Waals surface area contributed by atoms with Gasteiger partial charge < -0.3 is 25.3 Å². The molecule has 2 aliphatic rings. The number of oxime groups is 1. The Bertz CT molecular complexity index is 920. The van der Waals surface area contributed by atoms with Crippen LogP contribution in [0.1, 0.15) is 10.4 Å². The average Bonchev–Trinajstić information content (AvgIpc) is 3.36. The van der Waals surface area contributed by atoms with Gasteiger partial charge in [0.1, 0.15) is 12.3 Å². The first-order chi connectivity index (χ1) is 14.3. The van der Waals surface area contributed by atoms with Crippen LogP contribution in [0, 0.1) is 0 Å². The zero-order chi connectivity index (χ0) is 21.3. The number of alkyl halides is 4. The largest absolute Gasteiger partial charge is 0.393 e. The maximum absolute atomic E-state index is 14.0. The summed E-state index contributed by atoms with van der Waals surface area (Å²) in [7, 11) is 0. The number of hydrogen-bond acceptors (Lipinski definition) is 7. The minimum absolute atomic E-state index is 0.0862. The van der Waals surface area contributed by atoms with Crippen LogP contribution >= 0.6 is 11.3 Å². The van der Waals surface area contributed by atoms with Gasteiger partial charge in [-0.3, -0.25) is 0 Å². The molecule has 0 aliphatic carbocycles. The standard InChI is InChI=1S/C19H21F4N3O3S/c20-12-5-24-6-14(12)26-13-3-1-2-10-11(4-19(21,22)23)17(30-18(10)13)7-25-29-16-9-28-8-15(16)27/h1-3,7,12,14-16,24,26-27H,4-6,8-9H2/b25-7+/t12-,14+,15?,16?/m0/s1. The van der Waals surface area contributed by atoms with Gasteiger partial charge in [-0.25, -0.2) is 4.39 Å². The molecule has 3 heterocycles. The van der Waals surface area contributed by atoms with E-state index in [9.17, 15) is 22.7 Å². The first-order valence-corrected chi connectivity index (χ1v) is 10.3. The SMILES string of the molecule is OC1COCC1O/N=C/c1sc2c(N[C@@H]3CNC[C@@H]3F)cccc2c1CC(F)(F)F. The number of nitrogens with zero attached hydrogens (tertiary/aromatic N) is 1. The molecule has 0 radical (unpaired) electrons. The summed E-state index contributed by atoms with van der Waals surface area (Å²) >= 11 is 1.13. The second-order valence-corrected chi connectivity index (χ2v) is 8.38. The summed E-state index contributed by atoms with van der Waals surface area (Å²) in [6, 6.07) is 4.54. The fourth-order valence-corrected chi connectivity index (χ4v) is 4.72. The van der Waals surface area contributed by atoms with Crippen molar-refractivity contribution < 1.29 is 32.2 Å². The number of hydrogen-bond donors (Lipinski definition) is 3. The van der Waals surface area contributed by atoms with Gasteiger partial charge in [-0.1, -0.05) is 17.3 Å². The van der Waals surface area contributed by atoms with Gasteiger partial charge in [0.05, 0.1) is 47.2 Å². The number of thiophene rings is 1. The van der Waals surface area contributed by atoms with E-state index in [0.29, 0.717) is 27.2 Å². The quantitative estimate of drug-likeness (QED) is 0.361. The van der Waals surface area contributed by atoms with Crippen molar-refractivity contribution in [3.63, 3.8) is 0 Å². The van der Waals surface area contributed by atoms with Crippen LogP contribution in [0.3, 0.4) is 0 Å². The third-order valence-electron chi connectivity index (χ3n) is 5.07. The molecule has 6 nitrogen and oxygen atoms in total. The molecule has 2 aromatic rings. The van der Waals surface area contributed by atoms with E-state index in [-0.39, 0.29) is 25.3 Å². The topological polar surface area (TPSA) is 75.1 Å². The minimum Gasteiger partial charge on any atom is -0.387 e. The molecular formula is C19H21F4N3O3S. The van der Waals surface area contributed by atoms with Crippen molar-refractivity contribution in [1.29, 1.82) is 0 Å². The molecule has 30 heavy (non-hydrogen) atoms. The Morgan fingerprint density at radius 3 is 2.83 bits per heavy atom. The van der Waals surface area contributed by atoms with Gasteiger partial charge in [0.2, 0.25) is 0 Å². The van der Waals surface area contributed by atoms with Crippen molar-refractivity contribution in [2.45, 2.75) is 37.0 Å². The van der Waals surface area contributed by atoms with Crippen LogP contribution in [-0.2, 0) is 16.0 Å². The number of halogens is 4. The lowest BCUT2D eigenvalue weighted by atomic mass is 10.1. The molecule has 4 atom stereocenters. The monoisotopic (exact) mass is 447 g/mol. The van der Waals surface area contributed by atoms with E-state index in [4.69, 9.17) is 9.57 Å². The highest BCUT2D eigenvalue weighted by Crippen LogP contribution is 2.39. The lowest BCUT2D eigenvalue weighted by Gasteiger charge is -2.16. The van der Waals surface area contributed by atoms with Crippen LogP contribution < -0.4 is 10.6 Å². The van der Waals surface area contributed by atoms with Gasteiger partial charge >= 0.3 is 6.18 Å². The van der Waals surface area contributed by atoms with Crippen molar-refractivity contribution in [1.82, 2.24) is 5.32 Å². The van der Waals surface area contributed by atoms with Gasteiger partial charge in [0.25, 0.3) is 0 Å². The molecular weight excluding hydrogens is 426 g/mol. The van der Waals surface area contributed by atoms with Gasteiger partial charge in [0, 0.05) is 13.1 Å². The molecule has 3 N–H and O–H groups in total. The number of nitrogens with one attached hydrogen (secondary N) is 2. The highest BCUT2D eigenvalue weighted by atomic mass is 32.1. The van der Waals surface area contributed by atoms with Gasteiger partial charge in [0.15, 0.2) is 6.10 Å². The van der Waals surface area contributed by atoms with Gasteiger partial charge in [-0.05, 0) is 17.0 Å². The molecule has 4 rings (SSSR count). The van der Waals surface area contributed by atoms with Crippen LogP contribution in [0.2, 0.25) is 0 Å². The van der Waals surface area contributed by atoms with E-state index in [2.05, 4.69) is 15.8 Å². The summed E-state index contributed by atoms with van der Waals surface area (Å²) in [6.45, 7) is 0.965. The molecule has 2 fully saturated rings. The first-order valence-electron chi connectivity index (χ1n) is 9.49. The molecule has 0 amide bonds. The third kappa shape index (κ3) is 4.69. The van der Waals surface area contributed by atoms with Gasteiger partial charge in [-0.2, -0.15) is 13.2 Å². The van der Waals surface area contributed by atoms with E-state index in [1.807, 2.05) is 0 Å². The van der Waals surface area contributed by atoms with Crippen molar-refractivity contribution in [3.05, 3.63) is 28.6 Å². The smallest absolute Gasteiger partial charge is 0.387 e. The number of aliphatic hydroxyl groups excluding tert-OH is 1. The number of anilines is 1. The van der Waals surface area contributed by atoms with Crippen molar-refractivity contribution in [2.75, 3.05) is 31.6 Å². The first kappa shape index (κ1) is 21.3. The fraction of sp³-hybridized carbons (Fsp3) is 0.526. The maximum Gasteiger partial charge on any atom is 0.393 e. The zero-order valence-corrected chi connectivity index (χ0v) is 16.6. The summed E-state index contributed by atoms with van der Waals surface area (Å²) in [5.41, 5.74) is 0.667. The molecule has 2 aliphatic heterocycles. The molecule has 2 saturated heterocycles. The Labute approximate surface area is 173 Å². The second kappa shape index (κ2) is 8.66. The maximum atomic E-state index is 14.0. The summed E-state index contributed by atoms with van der Waals surface area (Å²) in [4.78, 5) is 5.50. The van der Waals surface area contributed by atoms with E-state index in [1.165, 1.54) is 6.21 Å². The molecule has 11 heteroatoms. The van der Waals surface area contributed by atoms with Crippen LogP contribution in [-0.4, -0.2) is 68.2 Å². The number of aliphatic hydroxyl groups is 1. The highest BCUT2D eigenvalue weighted by molar-refractivity contribution is 7.21. The highest BCUT2D eigenvalue weighted by Gasteiger charge is 2.32. The number of ether oxygens (including phenoxy) is 1. The lowest BCUT2D eigenvalue weighted by Crippen LogP contribution is -2.29. The Morgan fingerprint density at radius 1 is 1.33 bits per heavy atom. The van der Waals surface area contributed by atoms with Gasteiger partial charge in [-0.15, -0.1) is 11.3 Å². The minimum atomic E-state index is -4.41. The Morgan fingerprint density at radius 2 is 2.17 bits per heavy atom. The van der Waals surface area contributed by atoms with Crippen molar-refractivity contribution >= 4 is 33.3 Å². The van der Waals surface area contributed by atoms with E-state index >= 15 is 0 Å². The molecule has 0 bridgehead atoms. The zero-order valence-electron chi connectivity index (χ0n) is 15.8. The summed E-state index contributed by atoms with van der Waals surface area (Å²) in [6.07, 6.45) is -6.86. The average molecular weight is 447 g/mol. The molecule has 1 aromatic carbocycles. The summed E-state index contributed by atoms with van der Waals surface area (Å²) < 4.78 is 59.3. The Hall–Kier alpha value is -1.95. The summed E-state index contributed by atoms with van der Waals surface area (Å²) in [5, 5.41) is 20.0. The molecule has 0 saturated carbocycles. The Balaban J connectivity index is 1.65. The van der Waals surface area contributed by atoms with Crippen LogP contribution in [0.5, 0.6) is 0 Å². The van der Waals surface area contributed by atoms with E-state index < -0.39 is 37.0 Å². The van der Waals surface area contributed by atoms with Crippen LogP contribution in [0.4, 0.5) is 23.2 Å². The predicted octanol–water partition coefficient (Wildman–Crippen LogP) is 2.84. The van der Waals surface area contributed by atoms with E-state index in [1.54, 1.807) is 18.2 Å². The number of benzene rings is 1.